The molecule has 0 radical (unpaired) electrons. The lowest BCUT2D eigenvalue weighted by atomic mass is 9.95. The standard InChI is InChI=1S/C22H22BrN5O3/c1-3-11-30-21(29)19-14(2)24-22-25-26-27-28(22)20(19)17-12-16(23)9-10-18(17)31-13-15-7-5-4-6-8-15/h4-10,12,20H,3,11,13H2,1-2H3,(H,24,25,27). The van der Waals surface area contributed by atoms with Crippen LogP contribution in [0.25, 0.3) is 0 Å². The van der Waals surface area contributed by atoms with Gasteiger partial charge in [-0.05, 0) is 47.5 Å². The average molecular weight is 484 g/mol. The molecule has 1 aliphatic rings. The van der Waals surface area contributed by atoms with E-state index in [2.05, 4.69) is 36.8 Å². The van der Waals surface area contributed by atoms with Gasteiger partial charge >= 0.3 is 5.97 Å². The second-order valence-corrected chi connectivity index (χ2v) is 8.02. The van der Waals surface area contributed by atoms with E-state index < -0.39 is 12.0 Å². The number of carbonyl (C=O) groups excluding carboxylic acids is 1. The summed E-state index contributed by atoms with van der Waals surface area (Å²) in [6, 6.07) is 15.0. The van der Waals surface area contributed by atoms with Gasteiger partial charge < -0.3 is 14.8 Å². The number of benzene rings is 2. The fourth-order valence-electron chi connectivity index (χ4n) is 3.44. The lowest BCUT2D eigenvalue weighted by Gasteiger charge is -2.28. The van der Waals surface area contributed by atoms with Crippen LogP contribution >= 0.6 is 15.9 Å². The molecular formula is C22H22BrN5O3. The molecule has 9 heteroatoms. The van der Waals surface area contributed by atoms with Crippen LogP contribution in [0.2, 0.25) is 0 Å². The maximum absolute atomic E-state index is 13.0. The van der Waals surface area contributed by atoms with Gasteiger partial charge in [0.15, 0.2) is 0 Å². The minimum Gasteiger partial charge on any atom is -0.489 e. The number of halogens is 1. The van der Waals surface area contributed by atoms with Crippen molar-refractivity contribution in [2.45, 2.75) is 32.9 Å². The maximum Gasteiger partial charge on any atom is 0.338 e. The van der Waals surface area contributed by atoms with Crippen LogP contribution in [-0.2, 0) is 16.1 Å². The summed E-state index contributed by atoms with van der Waals surface area (Å²) in [5.41, 5.74) is 2.88. The van der Waals surface area contributed by atoms with Crippen molar-refractivity contribution in [3.05, 3.63) is 75.4 Å². The Kier molecular flexibility index (Phi) is 6.31. The number of aromatic nitrogens is 4. The van der Waals surface area contributed by atoms with Gasteiger partial charge in [-0.2, -0.15) is 4.68 Å². The largest absolute Gasteiger partial charge is 0.489 e. The van der Waals surface area contributed by atoms with Crippen molar-refractivity contribution >= 4 is 27.8 Å². The highest BCUT2D eigenvalue weighted by Crippen LogP contribution is 2.40. The number of ether oxygens (including phenoxy) is 2. The molecule has 1 atom stereocenters. The van der Waals surface area contributed by atoms with E-state index in [-0.39, 0.29) is 0 Å². The van der Waals surface area contributed by atoms with Crippen molar-refractivity contribution in [2.75, 3.05) is 11.9 Å². The monoisotopic (exact) mass is 483 g/mol. The first-order valence-corrected chi connectivity index (χ1v) is 10.8. The van der Waals surface area contributed by atoms with E-state index in [1.165, 1.54) is 0 Å². The Labute approximate surface area is 188 Å². The molecule has 0 spiro atoms. The van der Waals surface area contributed by atoms with E-state index in [4.69, 9.17) is 9.47 Å². The highest BCUT2D eigenvalue weighted by atomic mass is 79.9. The second kappa shape index (κ2) is 9.30. The van der Waals surface area contributed by atoms with Gasteiger partial charge in [0.25, 0.3) is 0 Å². The molecule has 0 bridgehead atoms. The van der Waals surface area contributed by atoms with E-state index in [9.17, 15) is 4.79 Å². The number of allylic oxidation sites excluding steroid dienone is 1. The lowest BCUT2D eigenvalue weighted by molar-refractivity contribution is -0.139. The molecule has 3 aromatic rings. The van der Waals surface area contributed by atoms with Crippen LogP contribution < -0.4 is 10.1 Å². The van der Waals surface area contributed by atoms with Gasteiger partial charge in [-0.25, -0.2) is 4.79 Å². The van der Waals surface area contributed by atoms with Gasteiger partial charge in [-0.1, -0.05) is 58.3 Å². The highest BCUT2D eigenvalue weighted by Gasteiger charge is 2.36. The molecule has 1 aromatic heterocycles. The Hall–Kier alpha value is -3.20. The topological polar surface area (TPSA) is 91.2 Å². The fourth-order valence-corrected chi connectivity index (χ4v) is 3.82. The zero-order valence-electron chi connectivity index (χ0n) is 17.2. The van der Waals surface area contributed by atoms with Gasteiger partial charge in [0, 0.05) is 15.7 Å². The minimum atomic E-state index is -0.598. The van der Waals surface area contributed by atoms with Gasteiger partial charge in [0.1, 0.15) is 18.4 Å². The molecule has 1 unspecified atom stereocenters. The summed E-state index contributed by atoms with van der Waals surface area (Å²) >= 11 is 3.54. The van der Waals surface area contributed by atoms with Crippen LogP contribution in [0.15, 0.2) is 64.3 Å². The summed E-state index contributed by atoms with van der Waals surface area (Å²) in [5, 5.41) is 15.0. The Morgan fingerprint density at radius 3 is 2.81 bits per heavy atom. The van der Waals surface area contributed by atoms with Crippen LogP contribution in [0, 0.1) is 0 Å². The molecular weight excluding hydrogens is 462 g/mol. The number of hydrogen-bond acceptors (Lipinski definition) is 7. The van der Waals surface area contributed by atoms with Gasteiger partial charge in [0.2, 0.25) is 5.95 Å². The number of anilines is 1. The molecule has 0 fully saturated rings. The molecule has 1 N–H and O–H groups in total. The number of tetrazole rings is 1. The van der Waals surface area contributed by atoms with E-state index in [0.29, 0.717) is 36.2 Å². The number of rotatable bonds is 7. The number of nitrogens with zero attached hydrogens (tertiary/aromatic N) is 4. The molecule has 8 nitrogen and oxygen atoms in total. The summed E-state index contributed by atoms with van der Waals surface area (Å²) in [5.74, 6) is 0.671. The van der Waals surface area contributed by atoms with Crippen molar-refractivity contribution in [1.82, 2.24) is 20.2 Å². The predicted molar refractivity (Wildman–Crippen MR) is 118 cm³/mol. The number of esters is 1. The zero-order chi connectivity index (χ0) is 21.8. The average Bonchev–Trinajstić information content (AvgIpc) is 3.24. The third kappa shape index (κ3) is 4.46. The summed E-state index contributed by atoms with van der Waals surface area (Å²) in [7, 11) is 0. The Morgan fingerprint density at radius 1 is 1.23 bits per heavy atom. The van der Waals surface area contributed by atoms with E-state index >= 15 is 0 Å². The lowest BCUT2D eigenvalue weighted by Crippen LogP contribution is -2.30. The SMILES string of the molecule is CCCOC(=O)C1=C(C)Nc2nnnn2C1c1cc(Br)ccc1OCc1ccccc1. The third-order valence-electron chi connectivity index (χ3n) is 4.87. The van der Waals surface area contributed by atoms with Crippen molar-refractivity contribution < 1.29 is 14.3 Å². The van der Waals surface area contributed by atoms with Crippen LogP contribution in [0.5, 0.6) is 5.75 Å². The van der Waals surface area contributed by atoms with E-state index in [0.717, 1.165) is 22.0 Å². The molecule has 0 saturated heterocycles. The maximum atomic E-state index is 13.0. The van der Waals surface area contributed by atoms with Gasteiger partial charge in [-0.15, -0.1) is 0 Å². The van der Waals surface area contributed by atoms with Crippen molar-refractivity contribution in [2.24, 2.45) is 0 Å². The predicted octanol–water partition coefficient (Wildman–Crippen LogP) is 4.26. The molecule has 31 heavy (non-hydrogen) atoms. The number of carbonyl (C=O) groups is 1. The van der Waals surface area contributed by atoms with Gasteiger partial charge in [-0.3, -0.25) is 0 Å². The number of fused-ring (bicyclic) bond motifs is 1. The zero-order valence-corrected chi connectivity index (χ0v) is 18.8. The quantitative estimate of drug-likeness (QED) is 0.502. The van der Waals surface area contributed by atoms with Crippen LogP contribution in [-0.4, -0.2) is 32.8 Å². The normalized spacial score (nSPS) is 15.3. The van der Waals surface area contributed by atoms with Crippen molar-refractivity contribution in [3.63, 3.8) is 0 Å². The Morgan fingerprint density at radius 2 is 2.03 bits per heavy atom. The van der Waals surface area contributed by atoms with Crippen molar-refractivity contribution in [3.8, 4) is 5.75 Å². The van der Waals surface area contributed by atoms with Crippen LogP contribution in [0.4, 0.5) is 5.95 Å². The number of hydrogen-bond donors (Lipinski definition) is 1. The summed E-state index contributed by atoms with van der Waals surface area (Å²) in [4.78, 5) is 13.0. The molecule has 0 amide bonds. The van der Waals surface area contributed by atoms with Gasteiger partial charge in [0.05, 0.1) is 12.2 Å². The summed E-state index contributed by atoms with van der Waals surface area (Å²) < 4.78 is 14.1. The number of nitrogens with one attached hydrogen (secondary N) is 1. The minimum absolute atomic E-state index is 0.334. The molecule has 4 rings (SSSR count). The summed E-state index contributed by atoms with van der Waals surface area (Å²) in [6.07, 6.45) is 0.731. The molecule has 160 valence electrons. The first-order chi connectivity index (χ1) is 15.1. The molecule has 2 heterocycles. The van der Waals surface area contributed by atoms with Crippen LogP contribution in [0.3, 0.4) is 0 Å². The Bertz CT molecular complexity index is 1110. The highest BCUT2D eigenvalue weighted by molar-refractivity contribution is 9.10. The van der Waals surface area contributed by atoms with Crippen molar-refractivity contribution in [1.29, 1.82) is 0 Å². The van der Waals surface area contributed by atoms with E-state index in [1.54, 1.807) is 4.68 Å². The Balaban J connectivity index is 1.76. The van der Waals surface area contributed by atoms with E-state index in [1.807, 2.05) is 62.4 Å². The molecule has 1 aliphatic heterocycles. The smallest absolute Gasteiger partial charge is 0.338 e. The fraction of sp³-hybridized carbons (Fsp3) is 0.273. The van der Waals surface area contributed by atoms with Crippen LogP contribution in [0.1, 0.15) is 37.4 Å². The third-order valence-corrected chi connectivity index (χ3v) is 5.37. The molecule has 2 aromatic carbocycles. The first-order valence-electron chi connectivity index (χ1n) is 9.97. The first kappa shape index (κ1) is 21.0. The molecule has 0 aliphatic carbocycles. The molecule has 0 saturated carbocycles. The second-order valence-electron chi connectivity index (χ2n) is 7.11. The summed E-state index contributed by atoms with van der Waals surface area (Å²) in [6.45, 7) is 4.49.